The number of nitrogens with two attached hydrogens (primary N) is 2. The Morgan fingerprint density at radius 3 is 2.20 bits per heavy atom. The lowest BCUT2D eigenvalue weighted by atomic mass is 10.1. The van der Waals surface area contributed by atoms with Crippen molar-refractivity contribution in [3.8, 4) is 0 Å². The average Bonchev–Trinajstić information content (AvgIpc) is 2.47. The van der Waals surface area contributed by atoms with Gasteiger partial charge in [0.1, 0.15) is 6.29 Å². The Kier molecular flexibility index (Phi) is 7.49. The molecule has 0 saturated heterocycles. The zero-order chi connectivity index (χ0) is 14.8. The zero-order valence-electron chi connectivity index (χ0n) is 11.5. The van der Waals surface area contributed by atoms with E-state index in [1.807, 2.05) is 0 Å². The van der Waals surface area contributed by atoms with Gasteiger partial charge in [-0.15, -0.1) is 0 Å². The molecule has 0 atom stereocenters. The average molecular weight is 278 g/mol. The van der Waals surface area contributed by atoms with Crippen LogP contribution in [-0.2, 0) is 0 Å². The van der Waals surface area contributed by atoms with Gasteiger partial charge in [0, 0.05) is 50.4 Å². The van der Waals surface area contributed by atoms with Gasteiger partial charge in [-0.1, -0.05) is 12.1 Å². The molecule has 0 aliphatic heterocycles. The Balaban J connectivity index is 2.39. The number of nitrogens with zero attached hydrogens (tertiary/aromatic N) is 1. The largest absolute Gasteiger partial charge is 0.351 e. The van der Waals surface area contributed by atoms with E-state index in [-0.39, 0.29) is 5.91 Å². The van der Waals surface area contributed by atoms with Crippen LogP contribution >= 0.6 is 0 Å². The Morgan fingerprint density at radius 1 is 1.10 bits per heavy atom. The van der Waals surface area contributed by atoms with E-state index in [0.29, 0.717) is 37.3 Å². The second kappa shape index (κ2) is 9.19. The third-order valence-electron chi connectivity index (χ3n) is 2.91. The summed E-state index contributed by atoms with van der Waals surface area (Å²) in [6.07, 6.45) is 0.749. The number of benzene rings is 1. The minimum Gasteiger partial charge on any atom is -0.351 e. The molecule has 0 heterocycles. The molecule has 0 unspecified atom stereocenters. The van der Waals surface area contributed by atoms with Crippen LogP contribution < -0.4 is 16.8 Å². The lowest BCUT2D eigenvalue weighted by Crippen LogP contribution is -2.39. The van der Waals surface area contributed by atoms with Gasteiger partial charge in [-0.25, -0.2) is 0 Å². The summed E-state index contributed by atoms with van der Waals surface area (Å²) in [6, 6.07) is 6.52. The predicted octanol–water partition coefficient (Wildman–Crippen LogP) is -0.552. The molecule has 6 nitrogen and oxygen atoms in total. The van der Waals surface area contributed by atoms with Crippen LogP contribution in [0.25, 0.3) is 0 Å². The van der Waals surface area contributed by atoms with Crippen LogP contribution in [0.1, 0.15) is 20.7 Å². The van der Waals surface area contributed by atoms with Gasteiger partial charge >= 0.3 is 0 Å². The molecule has 0 aliphatic carbocycles. The maximum atomic E-state index is 11.9. The van der Waals surface area contributed by atoms with Crippen LogP contribution in [-0.4, -0.2) is 56.4 Å². The number of hydrogen-bond donors (Lipinski definition) is 3. The molecule has 0 aromatic heterocycles. The summed E-state index contributed by atoms with van der Waals surface area (Å²) in [5.41, 5.74) is 12.1. The number of rotatable bonds is 9. The quantitative estimate of drug-likeness (QED) is 0.526. The molecule has 1 amide bonds. The fourth-order valence-corrected chi connectivity index (χ4v) is 1.84. The monoisotopic (exact) mass is 278 g/mol. The van der Waals surface area contributed by atoms with Crippen molar-refractivity contribution in [3.63, 3.8) is 0 Å². The molecule has 0 bridgehead atoms. The summed E-state index contributed by atoms with van der Waals surface area (Å²) >= 11 is 0. The van der Waals surface area contributed by atoms with Gasteiger partial charge in [0.2, 0.25) is 0 Å². The summed E-state index contributed by atoms with van der Waals surface area (Å²) in [7, 11) is 0. The van der Waals surface area contributed by atoms with E-state index in [4.69, 9.17) is 11.5 Å². The van der Waals surface area contributed by atoms with Crippen molar-refractivity contribution in [1.29, 1.82) is 0 Å². The van der Waals surface area contributed by atoms with E-state index in [1.165, 1.54) is 0 Å². The van der Waals surface area contributed by atoms with E-state index in [2.05, 4.69) is 10.2 Å². The zero-order valence-corrected chi connectivity index (χ0v) is 11.5. The topological polar surface area (TPSA) is 101 Å². The van der Waals surface area contributed by atoms with Crippen molar-refractivity contribution in [2.75, 3.05) is 39.3 Å². The molecule has 0 saturated carbocycles. The van der Waals surface area contributed by atoms with E-state index in [9.17, 15) is 9.59 Å². The smallest absolute Gasteiger partial charge is 0.251 e. The minimum absolute atomic E-state index is 0.150. The number of nitrogens with one attached hydrogen (secondary N) is 1. The molecular weight excluding hydrogens is 256 g/mol. The third kappa shape index (κ3) is 5.48. The van der Waals surface area contributed by atoms with Gasteiger partial charge in [-0.2, -0.15) is 0 Å². The van der Waals surface area contributed by atoms with Crippen molar-refractivity contribution in [1.82, 2.24) is 10.2 Å². The molecule has 1 rings (SSSR count). The number of aldehydes is 1. The van der Waals surface area contributed by atoms with Gasteiger partial charge in [-0.3, -0.25) is 14.5 Å². The maximum absolute atomic E-state index is 11.9. The highest BCUT2D eigenvalue weighted by Gasteiger charge is 2.06. The maximum Gasteiger partial charge on any atom is 0.251 e. The van der Waals surface area contributed by atoms with Crippen LogP contribution in [0, 0.1) is 0 Å². The fraction of sp³-hybridized carbons (Fsp3) is 0.429. The van der Waals surface area contributed by atoms with Crippen LogP contribution in [0.5, 0.6) is 0 Å². The molecule has 0 aliphatic rings. The van der Waals surface area contributed by atoms with E-state index in [0.717, 1.165) is 19.4 Å². The molecule has 6 heteroatoms. The summed E-state index contributed by atoms with van der Waals surface area (Å²) in [4.78, 5) is 24.5. The Morgan fingerprint density at radius 2 is 1.70 bits per heavy atom. The molecule has 0 fully saturated rings. The molecule has 20 heavy (non-hydrogen) atoms. The van der Waals surface area contributed by atoms with Crippen molar-refractivity contribution in [2.24, 2.45) is 11.5 Å². The van der Waals surface area contributed by atoms with Crippen molar-refractivity contribution in [2.45, 2.75) is 0 Å². The Bertz CT molecular complexity index is 414. The molecular formula is C14H22N4O2. The van der Waals surface area contributed by atoms with Crippen LogP contribution in [0.4, 0.5) is 0 Å². The second-order valence-electron chi connectivity index (χ2n) is 4.41. The van der Waals surface area contributed by atoms with Crippen LogP contribution in [0.3, 0.4) is 0 Å². The first-order valence-electron chi connectivity index (χ1n) is 6.67. The highest BCUT2D eigenvalue weighted by molar-refractivity contribution is 5.94. The summed E-state index contributed by atoms with van der Waals surface area (Å²) < 4.78 is 0. The molecule has 110 valence electrons. The molecule has 0 spiro atoms. The first-order valence-corrected chi connectivity index (χ1v) is 6.67. The molecule has 5 N–H and O–H groups in total. The number of hydrogen-bond acceptors (Lipinski definition) is 5. The first-order chi connectivity index (χ1) is 9.71. The van der Waals surface area contributed by atoms with E-state index >= 15 is 0 Å². The Labute approximate surface area is 119 Å². The lowest BCUT2D eigenvalue weighted by Gasteiger charge is -2.20. The predicted molar refractivity (Wildman–Crippen MR) is 78.7 cm³/mol. The third-order valence-corrected chi connectivity index (χ3v) is 2.91. The van der Waals surface area contributed by atoms with E-state index in [1.54, 1.807) is 24.3 Å². The Hall–Kier alpha value is -1.76. The normalized spacial score (nSPS) is 10.6. The number of carbonyl (C=O) groups excluding carboxylic acids is 2. The molecule has 0 radical (unpaired) electrons. The number of amides is 1. The second-order valence-corrected chi connectivity index (χ2v) is 4.41. The number of carbonyl (C=O) groups is 2. The van der Waals surface area contributed by atoms with E-state index < -0.39 is 0 Å². The van der Waals surface area contributed by atoms with Crippen LogP contribution in [0.15, 0.2) is 24.3 Å². The minimum atomic E-state index is -0.150. The highest BCUT2D eigenvalue weighted by Crippen LogP contribution is 2.02. The summed E-state index contributed by atoms with van der Waals surface area (Å²) in [6.45, 7) is 3.92. The lowest BCUT2D eigenvalue weighted by molar-refractivity contribution is 0.0948. The summed E-state index contributed by atoms with van der Waals surface area (Å²) in [5.74, 6) is -0.150. The first kappa shape index (κ1) is 16.3. The van der Waals surface area contributed by atoms with Gasteiger partial charge in [0.05, 0.1) is 0 Å². The SMILES string of the molecule is NCCN(CCN)CCNC(=O)c1ccc(C=O)cc1. The highest BCUT2D eigenvalue weighted by atomic mass is 16.1. The standard InChI is InChI=1S/C14H22N4O2/c15-5-8-18(9-6-16)10-7-17-14(20)13-3-1-12(11-19)2-4-13/h1-4,11H,5-10,15-16H2,(H,17,20). The van der Waals surface area contributed by atoms with Gasteiger partial charge < -0.3 is 16.8 Å². The molecule has 1 aromatic rings. The fourth-order valence-electron chi connectivity index (χ4n) is 1.84. The van der Waals surface area contributed by atoms with Gasteiger partial charge in [-0.05, 0) is 12.1 Å². The molecule has 1 aromatic carbocycles. The van der Waals surface area contributed by atoms with Crippen molar-refractivity contribution >= 4 is 12.2 Å². The summed E-state index contributed by atoms with van der Waals surface area (Å²) in [5, 5.41) is 2.83. The van der Waals surface area contributed by atoms with Gasteiger partial charge in [0.25, 0.3) is 5.91 Å². The van der Waals surface area contributed by atoms with Crippen LogP contribution in [0.2, 0.25) is 0 Å². The van der Waals surface area contributed by atoms with Crippen molar-refractivity contribution < 1.29 is 9.59 Å². The van der Waals surface area contributed by atoms with Crippen molar-refractivity contribution in [3.05, 3.63) is 35.4 Å². The van der Waals surface area contributed by atoms with Gasteiger partial charge in [0.15, 0.2) is 0 Å².